The lowest BCUT2D eigenvalue weighted by atomic mass is 9.95. The standard InChI is InChI=1S/C34H26ClN3O6S/c1-3-43-23-12-9-20(10-13-23)30-29(31(39)37-22-7-5-4-6-8-22)19(2)36-34-38(30)32(40)28(45-34)18-24-14-16-27(44-24)25-17-21(33(41)42)11-15-26(25)35/h4-18,30H,3H2,1-2H3,(H,37,39)(H,41,42)/b28-18-/t30-/m0/s1. The van der Waals surface area contributed by atoms with Crippen LogP contribution in [0.15, 0.2) is 110 Å². The number of hydrogen-bond donors (Lipinski definition) is 2. The number of fused-ring (bicyclic) bond motifs is 1. The number of nitrogens with one attached hydrogen (secondary N) is 1. The molecule has 0 radical (unpaired) electrons. The second kappa shape index (κ2) is 12.4. The number of ether oxygens (including phenoxy) is 1. The average molecular weight is 640 g/mol. The van der Waals surface area contributed by atoms with E-state index < -0.39 is 12.0 Å². The molecular weight excluding hydrogens is 614 g/mol. The van der Waals surface area contributed by atoms with Crippen molar-refractivity contribution in [2.45, 2.75) is 19.9 Å². The number of carboxylic acids is 1. The van der Waals surface area contributed by atoms with Crippen molar-refractivity contribution in [3.05, 3.63) is 138 Å². The van der Waals surface area contributed by atoms with Gasteiger partial charge in [-0.1, -0.05) is 53.3 Å². The van der Waals surface area contributed by atoms with E-state index in [4.69, 9.17) is 20.8 Å². The molecule has 3 aromatic carbocycles. The largest absolute Gasteiger partial charge is 0.494 e. The number of aromatic nitrogens is 1. The highest BCUT2D eigenvalue weighted by atomic mass is 35.5. The third-order valence-electron chi connectivity index (χ3n) is 7.18. The van der Waals surface area contributed by atoms with Crippen LogP contribution in [-0.4, -0.2) is 28.2 Å². The fourth-order valence-corrected chi connectivity index (χ4v) is 6.35. The summed E-state index contributed by atoms with van der Waals surface area (Å²) in [5, 5.41) is 12.7. The first-order chi connectivity index (χ1) is 21.7. The molecule has 5 aromatic rings. The number of rotatable bonds is 8. The number of anilines is 1. The molecule has 1 atom stereocenters. The topological polar surface area (TPSA) is 123 Å². The van der Waals surface area contributed by atoms with Crippen LogP contribution in [0.3, 0.4) is 0 Å². The number of hydrogen-bond acceptors (Lipinski definition) is 7. The molecule has 0 unspecified atom stereocenters. The van der Waals surface area contributed by atoms with Gasteiger partial charge >= 0.3 is 5.97 Å². The molecule has 45 heavy (non-hydrogen) atoms. The van der Waals surface area contributed by atoms with Gasteiger partial charge in [0.15, 0.2) is 4.80 Å². The number of carbonyl (C=O) groups is 2. The number of allylic oxidation sites excluding steroid dienone is 1. The first-order valence-electron chi connectivity index (χ1n) is 14.0. The second-order valence-corrected chi connectivity index (χ2v) is 11.5. The summed E-state index contributed by atoms with van der Waals surface area (Å²) in [5.74, 6) is -0.0680. The lowest BCUT2D eigenvalue weighted by Gasteiger charge is -2.25. The van der Waals surface area contributed by atoms with E-state index in [1.807, 2.05) is 49.4 Å². The minimum absolute atomic E-state index is 0.0671. The minimum atomic E-state index is -1.09. The van der Waals surface area contributed by atoms with Crippen LogP contribution in [0.25, 0.3) is 17.4 Å². The van der Waals surface area contributed by atoms with Crippen molar-refractivity contribution in [1.29, 1.82) is 0 Å². The summed E-state index contributed by atoms with van der Waals surface area (Å²) < 4.78 is 13.5. The van der Waals surface area contributed by atoms with Gasteiger partial charge in [-0.2, -0.15) is 0 Å². The maximum atomic E-state index is 14.0. The Labute approximate surface area is 266 Å². The lowest BCUT2D eigenvalue weighted by molar-refractivity contribution is -0.113. The summed E-state index contributed by atoms with van der Waals surface area (Å²) in [5.41, 5.74) is 2.30. The number of nitrogens with zero attached hydrogens (tertiary/aromatic N) is 2. The molecule has 9 nitrogen and oxygen atoms in total. The SMILES string of the molecule is CCOc1ccc([C@H]2C(C(=O)Nc3ccccc3)=C(C)N=c3s/c(=C\c4ccc(-c5cc(C(=O)O)ccc5Cl)o4)c(=O)n32)cc1. The van der Waals surface area contributed by atoms with E-state index in [0.29, 0.717) is 66.3 Å². The number of thiazole rings is 1. The highest BCUT2D eigenvalue weighted by Crippen LogP contribution is 2.33. The van der Waals surface area contributed by atoms with Gasteiger partial charge in [0.1, 0.15) is 17.3 Å². The van der Waals surface area contributed by atoms with Crippen molar-refractivity contribution in [1.82, 2.24) is 4.57 Å². The molecule has 3 heterocycles. The number of benzene rings is 3. The minimum Gasteiger partial charge on any atom is -0.494 e. The molecule has 0 saturated heterocycles. The number of para-hydroxylation sites is 1. The highest BCUT2D eigenvalue weighted by Gasteiger charge is 2.32. The van der Waals surface area contributed by atoms with Crippen LogP contribution in [0.1, 0.15) is 41.6 Å². The molecule has 0 aliphatic carbocycles. The van der Waals surface area contributed by atoms with Crippen molar-refractivity contribution in [3.63, 3.8) is 0 Å². The second-order valence-electron chi connectivity index (χ2n) is 10.1. The molecular formula is C34H26ClN3O6S. The van der Waals surface area contributed by atoms with Gasteiger partial charge in [-0.3, -0.25) is 14.2 Å². The van der Waals surface area contributed by atoms with Crippen LogP contribution >= 0.6 is 22.9 Å². The van der Waals surface area contributed by atoms with E-state index in [9.17, 15) is 19.5 Å². The van der Waals surface area contributed by atoms with E-state index in [0.717, 1.165) is 0 Å². The van der Waals surface area contributed by atoms with E-state index in [1.54, 1.807) is 37.3 Å². The number of carboxylic acid groups (broad SMARTS) is 1. The zero-order valence-corrected chi connectivity index (χ0v) is 25.7. The van der Waals surface area contributed by atoms with E-state index in [1.165, 1.54) is 34.1 Å². The van der Waals surface area contributed by atoms with Crippen LogP contribution in [-0.2, 0) is 4.79 Å². The smallest absolute Gasteiger partial charge is 0.335 e. The van der Waals surface area contributed by atoms with Gasteiger partial charge in [-0.25, -0.2) is 9.79 Å². The number of amides is 1. The fourth-order valence-electron chi connectivity index (χ4n) is 5.11. The quantitative estimate of drug-likeness (QED) is 0.218. The Morgan fingerprint density at radius 1 is 1.09 bits per heavy atom. The molecule has 226 valence electrons. The van der Waals surface area contributed by atoms with Crippen LogP contribution in [0, 0.1) is 0 Å². The van der Waals surface area contributed by atoms with Crippen LogP contribution in [0.2, 0.25) is 5.02 Å². The molecule has 0 spiro atoms. The summed E-state index contributed by atoms with van der Waals surface area (Å²) in [7, 11) is 0. The van der Waals surface area contributed by atoms with Gasteiger partial charge in [0.25, 0.3) is 11.5 Å². The van der Waals surface area contributed by atoms with Gasteiger partial charge < -0.3 is 19.6 Å². The summed E-state index contributed by atoms with van der Waals surface area (Å²) in [6.07, 6.45) is 1.60. The Bertz CT molecular complexity index is 2150. The van der Waals surface area contributed by atoms with E-state index in [-0.39, 0.29) is 17.0 Å². The number of aromatic carboxylic acids is 1. The van der Waals surface area contributed by atoms with Gasteiger partial charge in [-0.15, -0.1) is 0 Å². The summed E-state index contributed by atoms with van der Waals surface area (Å²) in [6, 6.07) is 23.3. The molecule has 11 heteroatoms. The van der Waals surface area contributed by atoms with Crippen molar-refractivity contribution in [3.8, 4) is 17.1 Å². The van der Waals surface area contributed by atoms with Gasteiger partial charge in [0, 0.05) is 17.3 Å². The molecule has 0 fully saturated rings. The maximum absolute atomic E-state index is 14.0. The average Bonchev–Trinajstić information content (AvgIpc) is 3.61. The van der Waals surface area contributed by atoms with Gasteiger partial charge in [-0.05, 0) is 74.0 Å². The lowest BCUT2D eigenvalue weighted by Crippen LogP contribution is -2.40. The van der Waals surface area contributed by atoms with Crippen molar-refractivity contribution in [2.24, 2.45) is 4.99 Å². The van der Waals surface area contributed by atoms with Crippen LogP contribution in [0.5, 0.6) is 5.75 Å². The first-order valence-corrected chi connectivity index (χ1v) is 15.2. The predicted molar refractivity (Wildman–Crippen MR) is 173 cm³/mol. The highest BCUT2D eigenvalue weighted by molar-refractivity contribution is 7.07. The van der Waals surface area contributed by atoms with Gasteiger partial charge in [0.2, 0.25) is 0 Å². The molecule has 1 aliphatic rings. The molecule has 0 saturated carbocycles. The van der Waals surface area contributed by atoms with Crippen LogP contribution in [0.4, 0.5) is 5.69 Å². The molecule has 1 amide bonds. The van der Waals surface area contributed by atoms with Crippen molar-refractivity contribution >= 4 is 46.6 Å². The Hall–Kier alpha value is -5.19. The molecule has 2 N–H and O–H groups in total. The summed E-state index contributed by atoms with van der Waals surface area (Å²) >= 11 is 7.51. The Kier molecular flexibility index (Phi) is 8.25. The maximum Gasteiger partial charge on any atom is 0.335 e. The summed E-state index contributed by atoms with van der Waals surface area (Å²) in [4.78, 5) is 44.4. The molecule has 1 aliphatic heterocycles. The Balaban J connectivity index is 1.44. The third kappa shape index (κ3) is 5.98. The predicted octanol–water partition coefficient (Wildman–Crippen LogP) is 5.88. The van der Waals surface area contributed by atoms with Gasteiger partial charge in [0.05, 0.1) is 39.0 Å². The molecule has 0 bridgehead atoms. The molecule has 2 aromatic heterocycles. The molecule has 6 rings (SSSR count). The third-order valence-corrected chi connectivity index (χ3v) is 8.50. The van der Waals surface area contributed by atoms with Crippen molar-refractivity contribution in [2.75, 3.05) is 11.9 Å². The van der Waals surface area contributed by atoms with E-state index >= 15 is 0 Å². The van der Waals surface area contributed by atoms with E-state index in [2.05, 4.69) is 10.3 Å². The number of carbonyl (C=O) groups excluding carboxylic acids is 1. The number of furan rings is 1. The zero-order valence-electron chi connectivity index (χ0n) is 24.1. The normalized spacial score (nSPS) is 14.6. The number of halogens is 1. The van der Waals surface area contributed by atoms with Crippen LogP contribution < -0.4 is 24.9 Å². The fraction of sp³-hybridized carbons (Fsp3) is 0.118. The summed E-state index contributed by atoms with van der Waals surface area (Å²) in [6.45, 7) is 4.16. The van der Waals surface area contributed by atoms with Crippen molar-refractivity contribution < 1.29 is 23.8 Å². The Morgan fingerprint density at radius 2 is 1.84 bits per heavy atom. The first kappa shape index (κ1) is 29.9. The Morgan fingerprint density at radius 3 is 2.56 bits per heavy atom. The zero-order chi connectivity index (χ0) is 31.7. The monoisotopic (exact) mass is 639 g/mol.